The molecule has 0 heterocycles. The summed E-state index contributed by atoms with van der Waals surface area (Å²) in [4.78, 5) is 11.6. The highest BCUT2D eigenvalue weighted by atomic mass is 16.3. The second kappa shape index (κ2) is 5.24. The summed E-state index contributed by atoms with van der Waals surface area (Å²) >= 11 is 0. The van der Waals surface area contributed by atoms with Gasteiger partial charge in [-0.25, -0.2) is 0 Å². The average molecular weight is 280 g/mol. The summed E-state index contributed by atoms with van der Waals surface area (Å²) in [5.74, 6) is -0.147. The molecule has 3 N–H and O–H groups in total. The second-order valence-electron chi connectivity index (χ2n) is 6.76. The molecule has 0 aromatic heterocycles. The number of carbonyl (C=O) groups excluding carboxylic acids is 1. The van der Waals surface area contributed by atoms with Crippen LogP contribution in [0.5, 0.6) is 0 Å². The molecule has 3 saturated carbocycles. The van der Waals surface area contributed by atoms with Crippen molar-refractivity contribution in [1.82, 2.24) is 0 Å². The Kier molecular flexibility index (Phi) is 3.73. The highest BCUT2D eigenvalue weighted by Crippen LogP contribution is 2.49. The van der Waals surface area contributed by atoms with Crippen molar-refractivity contribution < 1.29 is 20.1 Å². The fourth-order valence-corrected chi connectivity index (χ4v) is 4.19. The monoisotopic (exact) mass is 280 g/mol. The van der Waals surface area contributed by atoms with Crippen LogP contribution in [0.25, 0.3) is 0 Å². The Balaban J connectivity index is 1.67. The summed E-state index contributed by atoms with van der Waals surface area (Å²) in [5.41, 5.74) is -1.22. The van der Waals surface area contributed by atoms with Crippen molar-refractivity contribution in [2.45, 2.75) is 62.8 Å². The molecule has 0 radical (unpaired) electrons. The zero-order valence-corrected chi connectivity index (χ0v) is 11.7. The van der Waals surface area contributed by atoms with Gasteiger partial charge in [-0.1, -0.05) is 25.0 Å². The van der Waals surface area contributed by atoms with Crippen molar-refractivity contribution in [3.05, 3.63) is 12.2 Å². The SMILES string of the molecule is O=C1C[C@@H]2[C@@H](/C=C/[C@@H](O)C3CCCC3)[C@H](O)CC[C@]12O. The largest absolute Gasteiger partial charge is 0.393 e. The van der Waals surface area contributed by atoms with E-state index < -0.39 is 17.8 Å². The van der Waals surface area contributed by atoms with E-state index in [4.69, 9.17) is 0 Å². The summed E-state index contributed by atoms with van der Waals surface area (Å²) in [6, 6.07) is 0. The van der Waals surface area contributed by atoms with E-state index in [9.17, 15) is 20.1 Å². The molecule has 4 nitrogen and oxygen atoms in total. The van der Waals surface area contributed by atoms with Gasteiger partial charge < -0.3 is 15.3 Å². The normalized spacial score (nSPS) is 43.5. The molecule has 3 rings (SSSR count). The number of rotatable bonds is 3. The van der Waals surface area contributed by atoms with Gasteiger partial charge in [0.05, 0.1) is 12.2 Å². The van der Waals surface area contributed by atoms with Crippen LogP contribution in [0, 0.1) is 17.8 Å². The van der Waals surface area contributed by atoms with Crippen LogP contribution in [0.3, 0.4) is 0 Å². The molecule has 0 saturated heterocycles. The Morgan fingerprint density at radius 1 is 1.25 bits per heavy atom. The maximum Gasteiger partial charge on any atom is 0.165 e. The van der Waals surface area contributed by atoms with Crippen LogP contribution in [-0.4, -0.2) is 38.9 Å². The Morgan fingerprint density at radius 2 is 1.95 bits per heavy atom. The molecule has 3 aliphatic rings. The van der Waals surface area contributed by atoms with E-state index in [-0.39, 0.29) is 17.6 Å². The lowest BCUT2D eigenvalue weighted by atomic mass is 9.55. The van der Waals surface area contributed by atoms with E-state index in [0.29, 0.717) is 25.2 Å². The molecule has 0 aromatic rings. The van der Waals surface area contributed by atoms with Gasteiger partial charge in [0.25, 0.3) is 0 Å². The molecule has 3 fully saturated rings. The zero-order chi connectivity index (χ0) is 14.3. The molecule has 5 atom stereocenters. The minimum Gasteiger partial charge on any atom is -0.393 e. The van der Waals surface area contributed by atoms with Gasteiger partial charge in [0.15, 0.2) is 5.78 Å². The van der Waals surface area contributed by atoms with Gasteiger partial charge in [0.2, 0.25) is 0 Å². The van der Waals surface area contributed by atoms with Gasteiger partial charge in [0, 0.05) is 18.3 Å². The number of hydrogen-bond acceptors (Lipinski definition) is 4. The number of Topliss-reactive ketones (excluding diaryl/α,β-unsaturated/α-hetero) is 1. The van der Waals surface area contributed by atoms with Gasteiger partial charge in [-0.3, -0.25) is 4.79 Å². The van der Waals surface area contributed by atoms with Crippen molar-refractivity contribution in [2.75, 3.05) is 0 Å². The zero-order valence-electron chi connectivity index (χ0n) is 11.7. The van der Waals surface area contributed by atoms with E-state index in [1.807, 2.05) is 6.08 Å². The van der Waals surface area contributed by atoms with Crippen LogP contribution < -0.4 is 0 Å². The van der Waals surface area contributed by atoms with E-state index in [1.54, 1.807) is 6.08 Å². The Bertz CT molecular complexity index is 413. The molecule has 4 heteroatoms. The molecular weight excluding hydrogens is 256 g/mol. The molecule has 0 amide bonds. The molecular formula is C16H24O4. The fourth-order valence-electron chi connectivity index (χ4n) is 4.19. The third-order valence-electron chi connectivity index (χ3n) is 5.65. The third-order valence-corrected chi connectivity index (χ3v) is 5.65. The first-order valence-electron chi connectivity index (χ1n) is 7.82. The van der Waals surface area contributed by atoms with Crippen LogP contribution in [-0.2, 0) is 4.79 Å². The fraction of sp³-hybridized carbons (Fsp3) is 0.812. The lowest BCUT2D eigenvalue weighted by molar-refractivity contribution is -0.182. The molecule has 0 aliphatic heterocycles. The molecule has 112 valence electrons. The average Bonchev–Trinajstić information content (AvgIpc) is 2.96. The van der Waals surface area contributed by atoms with Crippen molar-refractivity contribution in [2.24, 2.45) is 17.8 Å². The maximum absolute atomic E-state index is 11.6. The van der Waals surface area contributed by atoms with Crippen molar-refractivity contribution >= 4 is 5.78 Å². The predicted octanol–water partition coefficient (Wildman–Crippen LogP) is 1.18. The van der Waals surface area contributed by atoms with E-state index in [0.717, 1.165) is 12.8 Å². The van der Waals surface area contributed by atoms with Gasteiger partial charge in [-0.05, 0) is 31.6 Å². The lowest BCUT2D eigenvalue weighted by Crippen LogP contribution is -2.63. The molecule has 0 spiro atoms. The number of aliphatic hydroxyl groups is 3. The maximum atomic E-state index is 11.6. The summed E-state index contributed by atoms with van der Waals surface area (Å²) < 4.78 is 0. The number of hydrogen-bond donors (Lipinski definition) is 3. The minimum absolute atomic E-state index is 0.0934. The van der Waals surface area contributed by atoms with Gasteiger partial charge >= 0.3 is 0 Å². The first kappa shape index (κ1) is 14.2. The molecule has 20 heavy (non-hydrogen) atoms. The number of ketones is 1. The lowest BCUT2D eigenvalue weighted by Gasteiger charge is -2.52. The van der Waals surface area contributed by atoms with Crippen molar-refractivity contribution in [3.63, 3.8) is 0 Å². The van der Waals surface area contributed by atoms with E-state index in [1.165, 1.54) is 12.8 Å². The van der Waals surface area contributed by atoms with Gasteiger partial charge in [-0.2, -0.15) is 0 Å². The quantitative estimate of drug-likeness (QED) is 0.679. The Morgan fingerprint density at radius 3 is 2.60 bits per heavy atom. The number of aliphatic hydroxyl groups excluding tert-OH is 2. The van der Waals surface area contributed by atoms with Crippen LogP contribution in [0.4, 0.5) is 0 Å². The summed E-state index contributed by atoms with van der Waals surface area (Å²) in [5, 5.41) is 30.6. The van der Waals surface area contributed by atoms with E-state index in [2.05, 4.69) is 0 Å². The first-order chi connectivity index (χ1) is 9.52. The second-order valence-corrected chi connectivity index (χ2v) is 6.76. The third kappa shape index (κ3) is 2.24. The summed E-state index contributed by atoms with van der Waals surface area (Å²) in [6.07, 6.45) is 8.29. The number of carbonyl (C=O) groups is 1. The molecule has 3 aliphatic carbocycles. The Hall–Kier alpha value is -0.710. The first-order valence-corrected chi connectivity index (χ1v) is 7.82. The minimum atomic E-state index is -1.22. The van der Waals surface area contributed by atoms with E-state index >= 15 is 0 Å². The standard InChI is InChI=1S/C16H24O4/c17-13(10-3-1-2-4-10)6-5-11-12-9-15(19)16(12,20)8-7-14(11)18/h5-6,10-14,17-18,20H,1-4,7-9H2/b6-5+/t11-,12-,13-,14-,16-/m1/s1. The molecule has 0 aromatic carbocycles. The van der Waals surface area contributed by atoms with Crippen molar-refractivity contribution in [3.8, 4) is 0 Å². The van der Waals surface area contributed by atoms with Gasteiger partial charge in [-0.15, -0.1) is 0 Å². The smallest absolute Gasteiger partial charge is 0.165 e. The van der Waals surface area contributed by atoms with Crippen LogP contribution in [0.2, 0.25) is 0 Å². The highest BCUT2D eigenvalue weighted by Gasteiger charge is 2.59. The summed E-state index contributed by atoms with van der Waals surface area (Å²) in [7, 11) is 0. The topological polar surface area (TPSA) is 77.8 Å². The van der Waals surface area contributed by atoms with Gasteiger partial charge in [0.1, 0.15) is 5.60 Å². The Labute approximate surface area is 119 Å². The van der Waals surface area contributed by atoms with Crippen LogP contribution in [0.1, 0.15) is 44.9 Å². The molecule has 0 unspecified atom stereocenters. The predicted molar refractivity (Wildman–Crippen MR) is 73.9 cm³/mol. The number of fused-ring (bicyclic) bond motifs is 1. The summed E-state index contributed by atoms with van der Waals surface area (Å²) in [6.45, 7) is 0. The van der Waals surface area contributed by atoms with Crippen LogP contribution in [0.15, 0.2) is 12.2 Å². The van der Waals surface area contributed by atoms with Crippen molar-refractivity contribution in [1.29, 1.82) is 0 Å². The van der Waals surface area contributed by atoms with Crippen LogP contribution >= 0.6 is 0 Å². The highest BCUT2D eigenvalue weighted by molar-refractivity contribution is 5.94. The molecule has 0 bridgehead atoms.